The second-order valence-corrected chi connectivity index (χ2v) is 7.97. The lowest BCUT2D eigenvalue weighted by Crippen LogP contribution is -2.34. The Morgan fingerprint density at radius 1 is 1.15 bits per heavy atom. The molecule has 1 aromatic carbocycles. The van der Waals surface area contributed by atoms with Crippen molar-refractivity contribution in [2.24, 2.45) is 0 Å². The van der Waals surface area contributed by atoms with Gasteiger partial charge in [-0.2, -0.15) is 0 Å². The largest absolute Gasteiger partial charge is 0.469 e. The maximum absolute atomic E-state index is 12.7. The number of aryl methyl sites for hydroxylation is 1. The fourth-order valence-electron chi connectivity index (χ4n) is 3.35. The fourth-order valence-corrected chi connectivity index (χ4v) is 4.30. The molecule has 3 aromatic rings. The third kappa shape index (κ3) is 3.51. The number of hydrogen-bond donors (Lipinski definition) is 0. The smallest absolute Gasteiger partial charge is 0.235 e. The molecule has 0 saturated carbocycles. The summed E-state index contributed by atoms with van der Waals surface area (Å²) in [4.78, 5) is 14.7. The maximum atomic E-state index is 12.7. The predicted octanol–water partition coefficient (Wildman–Crippen LogP) is 3.94. The standard InChI is InChI=1S/C20H22N4O2S/c1-14-17(10-13-26-14)18-21-22-20(24(18)16-8-4-3-5-9-16)27-15(2)19(25)23-11-6-7-12-23/h3-5,8-10,13,15H,6-7,11-12H2,1-2H3. The topological polar surface area (TPSA) is 64.2 Å². The van der Waals surface area contributed by atoms with Gasteiger partial charge in [-0.05, 0) is 44.9 Å². The van der Waals surface area contributed by atoms with Crippen LogP contribution in [0.1, 0.15) is 25.5 Å². The minimum absolute atomic E-state index is 0.168. The summed E-state index contributed by atoms with van der Waals surface area (Å²) in [5.74, 6) is 1.68. The van der Waals surface area contributed by atoms with Gasteiger partial charge in [0.1, 0.15) is 5.76 Å². The van der Waals surface area contributed by atoms with Gasteiger partial charge in [0.2, 0.25) is 5.91 Å². The summed E-state index contributed by atoms with van der Waals surface area (Å²) in [5, 5.41) is 9.31. The summed E-state index contributed by atoms with van der Waals surface area (Å²) in [5.41, 5.74) is 1.86. The summed E-state index contributed by atoms with van der Waals surface area (Å²) in [6.07, 6.45) is 3.83. The Labute approximate surface area is 162 Å². The first-order valence-corrected chi connectivity index (χ1v) is 10.0. The summed E-state index contributed by atoms with van der Waals surface area (Å²) in [7, 11) is 0. The normalized spacial score (nSPS) is 15.3. The van der Waals surface area contributed by atoms with Crippen LogP contribution in [0.25, 0.3) is 17.1 Å². The summed E-state index contributed by atoms with van der Waals surface area (Å²) >= 11 is 1.45. The van der Waals surface area contributed by atoms with Gasteiger partial charge in [0, 0.05) is 18.8 Å². The van der Waals surface area contributed by atoms with Gasteiger partial charge in [-0.15, -0.1) is 10.2 Å². The summed E-state index contributed by atoms with van der Waals surface area (Å²) in [6.45, 7) is 5.56. The van der Waals surface area contributed by atoms with E-state index in [2.05, 4.69) is 10.2 Å². The second kappa shape index (κ2) is 7.60. The zero-order valence-corrected chi connectivity index (χ0v) is 16.3. The van der Waals surface area contributed by atoms with E-state index < -0.39 is 0 Å². The molecule has 0 aliphatic carbocycles. The minimum atomic E-state index is -0.215. The molecule has 140 valence electrons. The number of nitrogens with zero attached hydrogens (tertiary/aromatic N) is 4. The average molecular weight is 382 g/mol. The molecule has 1 aliphatic heterocycles. The monoisotopic (exact) mass is 382 g/mol. The van der Waals surface area contributed by atoms with Crippen molar-refractivity contribution in [3.63, 3.8) is 0 Å². The van der Waals surface area contributed by atoms with Crippen LogP contribution in [-0.2, 0) is 4.79 Å². The number of carbonyl (C=O) groups is 1. The Kier molecular flexibility index (Phi) is 5.03. The number of rotatable bonds is 5. The number of benzene rings is 1. The Hall–Kier alpha value is -2.54. The molecule has 0 bridgehead atoms. The predicted molar refractivity (Wildman–Crippen MR) is 105 cm³/mol. The number of hydrogen-bond acceptors (Lipinski definition) is 5. The van der Waals surface area contributed by atoms with Crippen LogP contribution in [-0.4, -0.2) is 43.9 Å². The average Bonchev–Trinajstić information content (AvgIpc) is 3.42. The quantitative estimate of drug-likeness (QED) is 0.626. The molecule has 1 unspecified atom stereocenters. The van der Waals surface area contributed by atoms with Crippen molar-refractivity contribution in [2.75, 3.05) is 13.1 Å². The summed E-state index contributed by atoms with van der Waals surface area (Å²) in [6, 6.07) is 11.9. The third-order valence-corrected chi connectivity index (χ3v) is 5.83. The first-order valence-electron chi connectivity index (χ1n) is 9.16. The van der Waals surface area contributed by atoms with Gasteiger partial charge in [0.25, 0.3) is 0 Å². The zero-order valence-electron chi connectivity index (χ0n) is 15.5. The van der Waals surface area contributed by atoms with Crippen molar-refractivity contribution < 1.29 is 9.21 Å². The van der Waals surface area contributed by atoms with E-state index in [1.54, 1.807) is 6.26 Å². The highest BCUT2D eigenvalue weighted by Gasteiger charge is 2.27. The van der Waals surface area contributed by atoms with Crippen LogP contribution in [0.15, 0.2) is 52.2 Å². The molecule has 0 N–H and O–H groups in total. The lowest BCUT2D eigenvalue weighted by Gasteiger charge is -2.20. The van der Waals surface area contributed by atoms with Crippen LogP contribution in [0.5, 0.6) is 0 Å². The molecule has 1 fully saturated rings. The van der Waals surface area contributed by atoms with Gasteiger partial charge < -0.3 is 9.32 Å². The number of thioether (sulfide) groups is 1. The zero-order chi connectivity index (χ0) is 18.8. The first kappa shape index (κ1) is 17.9. The highest BCUT2D eigenvalue weighted by molar-refractivity contribution is 8.00. The molecule has 7 heteroatoms. The molecule has 0 radical (unpaired) electrons. The lowest BCUT2D eigenvalue weighted by molar-refractivity contribution is -0.129. The van der Waals surface area contributed by atoms with E-state index in [-0.39, 0.29) is 11.2 Å². The van der Waals surface area contributed by atoms with E-state index >= 15 is 0 Å². The van der Waals surface area contributed by atoms with Crippen LogP contribution in [0.3, 0.4) is 0 Å². The highest BCUT2D eigenvalue weighted by Crippen LogP contribution is 2.32. The molecule has 27 heavy (non-hydrogen) atoms. The molecule has 2 aromatic heterocycles. The molecule has 6 nitrogen and oxygen atoms in total. The van der Waals surface area contributed by atoms with Gasteiger partial charge in [-0.25, -0.2) is 0 Å². The number of aromatic nitrogens is 3. The Morgan fingerprint density at radius 3 is 2.56 bits per heavy atom. The van der Waals surface area contributed by atoms with Crippen molar-refractivity contribution >= 4 is 17.7 Å². The number of amides is 1. The Balaban J connectivity index is 1.69. The fraction of sp³-hybridized carbons (Fsp3) is 0.350. The van der Waals surface area contributed by atoms with Crippen LogP contribution in [0.2, 0.25) is 0 Å². The van der Waals surface area contributed by atoms with E-state index in [0.717, 1.165) is 48.8 Å². The van der Waals surface area contributed by atoms with Crippen molar-refractivity contribution in [1.29, 1.82) is 0 Å². The van der Waals surface area contributed by atoms with Crippen LogP contribution < -0.4 is 0 Å². The van der Waals surface area contributed by atoms with Crippen molar-refractivity contribution in [3.05, 3.63) is 48.4 Å². The van der Waals surface area contributed by atoms with E-state index in [9.17, 15) is 4.79 Å². The van der Waals surface area contributed by atoms with Gasteiger partial charge in [-0.1, -0.05) is 30.0 Å². The highest BCUT2D eigenvalue weighted by atomic mass is 32.2. The van der Waals surface area contributed by atoms with E-state index in [4.69, 9.17) is 4.42 Å². The molecular weight excluding hydrogens is 360 g/mol. The first-order chi connectivity index (χ1) is 13.1. The van der Waals surface area contributed by atoms with E-state index in [1.807, 2.05) is 59.7 Å². The van der Waals surface area contributed by atoms with E-state index in [0.29, 0.717) is 5.16 Å². The summed E-state index contributed by atoms with van der Waals surface area (Å²) < 4.78 is 7.45. The Bertz CT molecular complexity index is 929. The van der Waals surface area contributed by atoms with Gasteiger partial charge >= 0.3 is 0 Å². The Morgan fingerprint density at radius 2 is 1.89 bits per heavy atom. The van der Waals surface area contributed by atoms with Crippen molar-refractivity contribution in [3.8, 4) is 17.1 Å². The minimum Gasteiger partial charge on any atom is -0.469 e. The molecular formula is C20H22N4O2S. The van der Waals surface area contributed by atoms with Gasteiger partial charge in [-0.3, -0.25) is 9.36 Å². The third-order valence-electron chi connectivity index (χ3n) is 4.80. The molecule has 4 rings (SSSR count). The van der Waals surface area contributed by atoms with Crippen molar-refractivity contribution in [2.45, 2.75) is 37.1 Å². The van der Waals surface area contributed by atoms with Crippen LogP contribution in [0.4, 0.5) is 0 Å². The number of furan rings is 1. The lowest BCUT2D eigenvalue weighted by atomic mass is 10.2. The van der Waals surface area contributed by atoms with Crippen LogP contribution in [0, 0.1) is 6.92 Å². The maximum Gasteiger partial charge on any atom is 0.235 e. The van der Waals surface area contributed by atoms with Crippen molar-refractivity contribution in [1.82, 2.24) is 19.7 Å². The molecule has 3 heterocycles. The van der Waals surface area contributed by atoms with Crippen LogP contribution >= 0.6 is 11.8 Å². The molecule has 1 aliphatic rings. The SMILES string of the molecule is Cc1occc1-c1nnc(SC(C)C(=O)N2CCCC2)n1-c1ccccc1. The van der Waals surface area contributed by atoms with Gasteiger partial charge in [0.15, 0.2) is 11.0 Å². The molecule has 1 amide bonds. The number of carbonyl (C=O) groups excluding carboxylic acids is 1. The number of para-hydroxylation sites is 1. The van der Waals surface area contributed by atoms with Gasteiger partial charge in [0.05, 0.1) is 17.1 Å². The molecule has 0 spiro atoms. The van der Waals surface area contributed by atoms with E-state index in [1.165, 1.54) is 11.8 Å². The molecule has 1 atom stereocenters. The number of likely N-dealkylation sites (tertiary alicyclic amines) is 1. The second-order valence-electron chi connectivity index (χ2n) is 6.66. The molecule has 1 saturated heterocycles.